The molecule has 3 heterocycles. The number of nitrogens with one attached hydrogen (secondary N) is 4. The summed E-state index contributed by atoms with van der Waals surface area (Å²) in [6, 6.07) is 1.30. The third-order valence-electron chi connectivity index (χ3n) is 9.61. The number of rotatable bonds is 11. The van der Waals surface area contributed by atoms with Gasteiger partial charge in [0.1, 0.15) is 0 Å². The first kappa shape index (κ1) is 37.9. The van der Waals surface area contributed by atoms with Gasteiger partial charge in [0.2, 0.25) is 0 Å². The maximum atomic E-state index is 9.78. The smallest absolute Gasteiger partial charge is 0.0575 e. The van der Waals surface area contributed by atoms with E-state index in [0.29, 0.717) is 18.6 Å². The zero-order valence-electron chi connectivity index (χ0n) is 30.0. The van der Waals surface area contributed by atoms with Crippen molar-refractivity contribution in [2.24, 2.45) is 0 Å². The number of nitrogens with zero attached hydrogens (tertiary/aromatic N) is 1. The summed E-state index contributed by atoms with van der Waals surface area (Å²) in [5.41, 5.74) is 0.908. The van der Waals surface area contributed by atoms with Crippen molar-refractivity contribution in [3.05, 3.63) is 0 Å². The zero-order valence-corrected chi connectivity index (χ0v) is 30.0. The Morgan fingerprint density at radius 3 is 1.21 bits per heavy atom. The highest BCUT2D eigenvalue weighted by molar-refractivity contribution is 5.01. The van der Waals surface area contributed by atoms with Crippen molar-refractivity contribution in [2.45, 2.75) is 199 Å². The lowest BCUT2D eigenvalue weighted by Crippen LogP contribution is -2.62. The van der Waals surface area contributed by atoms with Gasteiger partial charge in [0.25, 0.3) is 0 Å². The minimum atomic E-state index is -0.213. The summed E-state index contributed by atoms with van der Waals surface area (Å²) in [5.74, 6) is 0. The lowest BCUT2D eigenvalue weighted by Gasteiger charge is -2.54. The lowest BCUT2D eigenvalue weighted by atomic mass is 9.78. The number of β-amino-alcohol motifs (C(OH)–C–C–N with tert-alkyl or cyclic N) is 1. The van der Waals surface area contributed by atoms with Crippen LogP contribution in [0.3, 0.4) is 0 Å². The monoisotopic (exact) mass is 596 g/mol. The summed E-state index contributed by atoms with van der Waals surface area (Å²) in [6.07, 6.45) is 11.6. The van der Waals surface area contributed by atoms with Crippen LogP contribution in [0.5, 0.6) is 0 Å². The molecule has 3 rings (SSSR count). The third kappa shape index (κ3) is 13.0. The van der Waals surface area contributed by atoms with Crippen LogP contribution >= 0.6 is 0 Å². The molecule has 0 spiro atoms. The number of unbranched alkanes of at least 4 members (excludes halogenated alkanes) is 3. The van der Waals surface area contributed by atoms with Crippen molar-refractivity contribution < 1.29 is 10.2 Å². The summed E-state index contributed by atoms with van der Waals surface area (Å²) >= 11 is 0. The van der Waals surface area contributed by atoms with Gasteiger partial charge in [-0.05, 0) is 148 Å². The molecule has 7 nitrogen and oxygen atoms in total. The largest absolute Gasteiger partial charge is 0.395 e. The molecule has 0 bridgehead atoms. The van der Waals surface area contributed by atoms with Gasteiger partial charge < -0.3 is 31.5 Å². The molecule has 3 saturated heterocycles. The molecule has 3 aliphatic heterocycles. The van der Waals surface area contributed by atoms with Crippen molar-refractivity contribution >= 4 is 0 Å². The first-order valence-corrected chi connectivity index (χ1v) is 17.2. The van der Waals surface area contributed by atoms with Crippen molar-refractivity contribution in [3.8, 4) is 0 Å². The standard InChI is InChI=1S/C24H50N4.C11H23NO2/c1-21(2)15-19(16-22(3,4)27-21)25-13-11-9-10-12-14-26-20-17-23(5,6)28-24(7,8)18-20;1-10(2)7-9(14)8-11(3,4)12(10)5-6-13/h19-20,25-28H,9-18H2,1-8H3;9,13-14H,5-8H2,1-4H3. The summed E-state index contributed by atoms with van der Waals surface area (Å²) < 4.78 is 0. The first-order chi connectivity index (χ1) is 19.1. The lowest BCUT2D eigenvalue weighted by molar-refractivity contribution is -0.0858. The molecular formula is C35H73N5O2. The van der Waals surface area contributed by atoms with Gasteiger partial charge in [-0.1, -0.05) is 12.8 Å². The van der Waals surface area contributed by atoms with E-state index in [1.807, 2.05) is 0 Å². The molecule has 7 heteroatoms. The second-order valence-electron chi connectivity index (χ2n) is 17.9. The number of hydrogen-bond donors (Lipinski definition) is 6. The number of aliphatic hydroxyl groups is 2. The van der Waals surface area contributed by atoms with E-state index >= 15 is 0 Å². The average Bonchev–Trinajstić information content (AvgIpc) is 2.73. The molecule has 0 aromatic heterocycles. The first-order valence-electron chi connectivity index (χ1n) is 17.2. The molecule has 0 saturated carbocycles. The van der Waals surface area contributed by atoms with Gasteiger partial charge in [-0.25, -0.2) is 0 Å². The Morgan fingerprint density at radius 2 is 0.905 bits per heavy atom. The molecule has 3 aliphatic rings. The van der Waals surface area contributed by atoms with Crippen LogP contribution in [-0.2, 0) is 0 Å². The van der Waals surface area contributed by atoms with E-state index in [-0.39, 0.29) is 45.9 Å². The minimum absolute atomic E-state index is 0.0239. The maximum absolute atomic E-state index is 9.78. The van der Waals surface area contributed by atoms with Gasteiger partial charge in [-0.3, -0.25) is 4.90 Å². The molecule has 42 heavy (non-hydrogen) atoms. The second-order valence-corrected chi connectivity index (χ2v) is 17.9. The minimum Gasteiger partial charge on any atom is -0.395 e. The third-order valence-corrected chi connectivity index (χ3v) is 9.61. The van der Waals surface area contributed by atoms with Gasteiger partial charge in [-0.2, -0.15) is 0 Å². The fourth-order valence-corrected chi connectivity index (χ4v) is 9.12. The maximum Gasteiger partial charge on any atom is 0.0575 e. The molecule has 0 radical (unpaired) electrons. The van der Waals surface area contributed by atoms with E-state index in [2.05, 4.69) is 109 Å². The van der Waals surface area contributed by atoms with Gasteiger partial charge in [0.15, 0.2) is 0 Å². The van der Waals surface area contributed by atoms with E-state index in [9.17, 15) is 5.11 Å². The molecular weight excluding hydrogens is 522 g/mol. The highest BCUT2D eigenvalue weighted by atomic mass is 16.3. The molecule has 0 amide bonds. The van der Waals surface area contributed by atoms with Crippen molar-refractivity contribution in [3.63, 3.8) is 0 Å². The van der Waals surface area contributed by atoms with Crippen molar-refractivity contribution in [1.29, 1.82) is 0 Å². The summed E-state index contributed by atoms with van der Waals surface area (Å²) in [6.45, 7) is 30.4. The van der Waals surface area contributed by atoms with Crippen LogP contribution in [-0.4, -0.2) is 92.8 Å². The van der Waals surface area contributed by atoms with E-state index in [4.69, 9.17) is 5.11 Å². The van der Waals surface area contributed by atoms with Crippen LogP contribution in [0.15, 0.2) is 0 Å². The molecule has 6 N–H and O–H groups in total. The summed E-state index contributed by atoms with van der Waals surface area (Å²) in [4.78, 5) is 2.30. The summed E-state index contributed by atoms with van der Waals surface area (Å²) in [5, 5.41) is 34.0. The Balaban J connectivity index is 0.000000369. The van der Waals surface area contributed by atoms with Crippen LogP contribution in [0, 0.1) is 0 Å². The molecule has 0 aromatic carbocycles. The number of likely N-dealkylation sites (tertiary alicyclic amines) is 1. The van der Waals surface area contributed by atoms with Crippen LogP contribution in [0.2, 0.25) is 0 Å². The van der Waals surface area contributed by atoms with E-state index in [1.54, 1.807) is 0 Å². The van der Waals surface area contributed by atoms with Gasteiger partial charge in [-0.15, -0.1) is 0 Å². The Kier molecular flexibility index (Phi) is 13.4. The van der Waals surface area contributed by atoms with Crippen LogP contribution < -0.4 is 21.3 Å². The highest BCUT2D eigenvalue weighted by Crippen LogP contribution is 2.38. The molecule has 0 unspecified atom stereocenters. The molecule has 0 aliphatic carbocycles. The van der Waals surface area contributed by atoms with Crippen LogP contribution in [0.1, 0.15) is 147 Å². The predicted octanol–water partition coefficient (Wildman–Crippen LogP) is 5.34. The van der Waals surface area contributed by atoms with Gasteiger partial charge in [0, 0.05) is 51.9 Å². The number of piperidine rings is 3. The molecule has 250 valence electrons. The molecule has 0 aromatic rings. The SMILES string of the molecule is CC1(C)CC(NCCCCCCNC2CC(C)(C)NC(C)(C)C2)CC(C)(C)N1.CC1(C)CC(O)CC(C)(C)N1CCO. The summed E-state index contributed by atoms with van der Waals surface area (Å²) in [7, 11) is 0. The quantitative estimate of drug-likeness (QED) is 0.180. The van der Waals surface area contributed by atoms with E-state index < -0.39 is 0 Å². The Labute approximate surface area is 261 Å². The van der Waals surface area contributed by atoms with E-state index in [1.165, 1.54) is 64.5 Å². The average molecular weight is 596 g/mol. The Hall–Kier alpha value is -0.280. The van der Waals surface area contributed by atoms with Crippen LogP contribution in [0.4, 0.5) is 0 Å². The normalized spacial score (nSPS) is 27.3. The fourth-order valence-electron chi connectivity index (χ4n) is 9.12. The predicted molar refractivity (Wildman–Crippen MR) is 180 cm³/mol. The Bertz CT molecular complexity index is 713. The van der Waals surface area contributed by atoms with Crippen molar-refractivity contribution in [2.75, 3.05) is 26.2 Å². The number of aliphatic hydroxyl groups excluding tert-OH is 2. The van der Waals surface area contributed by atoms with E-state index in [0.717, 1.165) is 12.8 Å². The van der Waals surface area contributed by atoms with Gasteiger partial charge >= 0.3 is 0 Å². The second kappa shape index (κ2) is 14.9. The number of hydrogen-bond acceptors (Lipinski definition) is 7. The zero-order chi connectivity index (χ0) is 32.0. The van der Waals surface area contributed by atoms with Gasteiger partial charge in [0.05, 0.1) is 12.7 Å². The fraction of sp³-hybridized carbons (Fsp3) is 1.00. The molecule has 3 fully saturated rings. The van der Waals surface area contributed by atoms with Crippen LogP contribution in [0.25, 0.3) is 0 Å². The van der Waals surface area contributed by atoms with Crippen molar-refractivity contribution in [1.82, 2.24) is 26.2 Å². The Morgan fingerprint density at radius 1 is 0.571 bits per heavy atom. The molecule has 0 atom stereocenters. The topological polar surface area (TPSA) is 91.8 Å². The highest BCUT2D eigenvalue weighted by Gasteiger charge is 2.44.